The average molecular weight is 293 g/mol. The number of nitrogens with one attached hydrogen (secondary N) is 2. The number of nitrogens with zero attached hydrogens (tertiary/aromatic N) is 3. The Kier molecular flexibility index (Phi) is 3.39. The van der Waals surface area contributed by atoms with E-state index in [1.807, 2.05) is 0 Å². The molecule has 0 aromatic carbocycles. The molecule has 0 saturated carbocycles. The molecule has 1 aliphatic rings. The summed E-state index contributed by atoms with van der Waals surface area (Å²) in [5.41, 5.74) is 0.830. The number of amides is 1. The van der Waals surface area contributed by atoms with Crippen LogP contribution in [0, 0.1) is 0 Å². The first-order valence-electron chi connectivity index (χ1n) is 6.52. The number of carbonyl (C=O) groups excluding carboxylic acids is 1. The van der Waals surface area contributed by atoms with E-state index in [-0.39, 0.29) is 11.7 Å². The van der Waals surface area contributed by atoms with Gasteiger partial charge in [-0.25, -0.2) is 14.5 Å². The molecule has 0 fully saturated rings. The maximum absolute atomic E-state index is 11.8. The van der Waals surface area contributed by atoms with Crippen LogP contribution in [0.15, 0.2) is 4.79 Å². The number of aryl methyl sites for hydroxylation is 3. The van der Waals surface area contributed by atoms with Gasteiger partial charge in [0.25, 0.3) is 5.91 Å². The van der Waals surface area contributed by atoms with Gasteiger partial charge in [0.05, 0.1) is 10.7 Å². The molecule has 0 saturated heterocycles. The summed E-state index contributed by atoms with van der Waals surface area (Å²) in [5, 5.41) is 7.59. The maximum Gasteiger partial charge on any atom is 0.343 e. The predicted octanol–water partition coefficient (Wildman–Crippen LogP) is 0.0261. The van der Waals surface area contributed by atoms with E-state index in [1.54, 1.807) is 11.3 Å². The predicted molar refractivity (Wildman–Crippen MR) is 74.0 cm³/mol. The molecule has 0 aliphatic heterocycles. The molecule has 0 unspecified atom stereocenters. The summed E-state index contributed by atoms with van der Waals surface area (Å²) in [7, 11) is 1.49. The highest BCUT2D eigenvalue weighted by Gasteiger charge is 2.17. The summed E-state index contributed by atoms with van der Waals surface area (Å²) in [6.45, 7) is 0.490. The van der Waals surface area contributed by atoms with Crippen molar-refractivity contribution in [3.8, 4) is 0 Å². The summed E-state index contributed by atoms with van der Waals surface area (Å²) < 4.78 is 1.10. The van der Waals surface area contributed by atoms with Crippen LogP contribution in [-0.4, -0.2) is 32.2 Å². The lowest BCUT2D eigenvalue weighted by Gasteiger charge is -2.00. The highest BCUT2D eigenvalue weighted by atomic mass is 32.1. The third-order valence-electron chi connectivity index (χ3n) is 3.25. The van der Waals surface area contributed by atoms with Crippen molar-refractivity contribution in [1.29, 1.82) is 0 Å². The lowest BCUT2D eigenvalue weighted by Crippen LogP contribution is -2.27. The van der Waals surface area contributed by atoms with Gasteiger partial charge in [0.2, 0.25) is 5.82 Å². The molecule has 3 rings (SSSR count). The first-order valence-corrected chi connectivity index (χ1v) is 7.34. The van der Waals surface area contributed by atoms with Crippen LogP contribution in [0.3, 0.4) is 0 Å². The molecule has 1 aliphatic carbocycles. The van der Waals surface area contributed by atoms with Crippen molar-refractivity contribution < 1.29 is 4.79 Å². The van der Waals surface area contributed by atoms with Crippen LogP contribution in [-0.2, 0) is 26.3 Å². The standard InChI is InChI=1S/C12H15N5O2S/c1-17-12(19)15-10(16-17)11(18)13-6-5-9-14-7-3-2-4-8(7)20-9/h2-6H2,1H3,(H,13,18)(H,15,16,19). The lowest BCUT2D eigenvalue weighted by molar-refractivity contribution is 0.0943. The molecule has 8 heteroatoms. The van der Waals surface area contributed by atoms with E-state index >= 15 is 0 Å². The van der Waals surface area contributed by atoms with E-state index in [0.717, 1.165) is 22.5 Å². The Labute approximate surface area is 119 Å². The van der Waals surface area contributed by atoms with Crippen molar-refractivity contribution in [2.45, 2.75) is 25.7 Å². The van der Waals surface area contributed by atoms with Gasteiger partial charge >= 0.3 is 5.69 Å². The minimum absolute atomic E-state index is 0.0409. The molecule has 106 valence electrons. The SMILES string of the molecule is Cn1nc(C(=O)NCCc2nc3c(s2)CCC3)[nH]c1=O. The zero-order chi connectivity index (χ0) is 14.1. The number of fused-ring (bicyclic) bond motifs is 1. The molecule has 2 N–H and O–H groups in total. The fraction of sp³-hybridized carbons (Fsp3) is 0.500. The van der Waals surface area contributed by atoms with Crippen LogP contribution in [0.2, 0.25) is 0 Å². The summed E-state index contributed by atoms with van der Waals surface area (Å²) in [4.78, 5) is 31.3. The van der Waals surface area contributed by atoms with Crippen molar-refractivity contribution in [3.05, 3.63) is 31.9 Å². The normalized spacial score (nSPS) is 13.4. The van der Waals surface area contributed by atoms with Crippen molar-refractivity contribution >= 4 is 17.2 Å². The van der Waals surface area contributed by atoms with Gasteiger partial charge in [-0.3, -0.25) is 9.78 Å². The van der Waals surface area contributed by atoms with Gasteiger partial charge in [0, 0.05) is 24.9 Å². The van der Waals surface area contributed by atoms with Gasteiger partial charge in [-0.15, -0.1) is 16.4 Å². The zero-order valence-electron chi connectivity index (χ0n) is 11.1. The number of hydrogen-bond acceptors (Lipinski definition) is 5. The molecule has 0 atom stereocenters. The van der Waals surface area contributed by atoms with Gasteiger partial charge in [0.15, 0.2) is 0 Å². The lowest BCUT2D eigenvalue weighted by atomic mass is 10.3. The van der Waals surface area contributed by atoms with Crippen LogP contribution in [0.5, 0.6) is 0 Å². The quantitative estimate of drug-likeness (QED) is 0.831. The number of aromatic amines is 1. The van der Waals surface area contributed by atoms with Gasteiger partial charge in [0.1, 0.15) is 0 Å². The van der Waals surface area contributed by atoms with Crippen LogP contribution in [0.1, 0.15) is 32.6 Å². The van der Waals surface area contributed by atoms with E-state index in [2.05, 4.69) is 20.4 Å². The topological polar surface area (TPSA) is 92.7 Å². The second-order valence-corrected chi connectivity index (χ2v) is 5.91. The van der Waals surface area contributed by atoms with E-state index < -0.39 is 5.69 Å². The van der Waals surface area contributed by atoms with Crippen LogP contribution in [0.25, 0.3) is 0 Å². The summed E-state index contributed by atoms with van der Waals surface area (Å²) >= 11 is 1.74. The van der Waals surface area contributed by atoms with Crippen molar-refractivity contribution in [1.82, 2.24) is 25.1 Å². The first-order chi connectivity index (χ1) is 9.63. The number of rotatable bonds is 4. The summed E-state index contributed by atoms with van der Waals surface area (Å²) in [5.74, 6) is -0.328. The average Bonchev–Trinajstić information content (AvgIpc) is 3.05. The van der Waals surface area contributed by atoms with Gasteiger partial charge < -0.3 is 5.32 Å². The Hall–Kier alpha value is -1.96. The maximum atomic E-state index is 11.8. The molecule has 0 spiro atoms. The third kappa shape index (κ3) is 2.51. The van der Waals surface area contributed by atoms with Crippen LogP contribution >= 0.6 is 11.3 Å². The van der Waals surface area contributed by atoms with E-state index in [9.17, 15) is 9.59 Å². The summed E-state index contributed by atoms with van der Waals surface area (Å²) in [6, 6.07) is 0. The number of aromatic nitrogens is 4. The fourth-order valence-electron chi connectivity index (χ4n) is 2.22. The Morgan fingerprint density at radius 2 is 2.35 bits per heavy atom. The molecule has 7 nitrogen and oxygen atoms in total. The van der Waals surface area contributed by atoms with Crippen molar-refractivity contribution in [2.75, 3.05) is 6.54 Å². The number of hydrogen-bond donors (Lipinski definition) is 2. The van der Waals surface area contributed by atoms with Crippen LogP contribution < -0.4 is 11.0 Å². The molecular weight excluding hydrogens is 278 g/mol. The highest BCUT2D eigenvalue weighted by molar-refractivity contribution is 7.11. The molecule has 2 heterocycles. The minimum atomic E-state index is -0.397. The highest BCUT2D eigenvalue weighted by Crippen LogP contribution is 2.27. The number of H-pyrrole nitrogens is 1. The van der Waals surface area contributed by atoms with Gasteiger partial charge in [-0.05, 0) is 19.3 Å². The molecule has 0 bridgehead atoms. The number of carbonyl (C=O) groups is 1. The summed E-state index contributed by atoms with van der Waals surface area (Å²) in [6.07, 6.45) is 4.13. The van der Waals surface area contributed by atoms with E-state index in [0.29, 0.717) is 13.0 Å². The third-order valence-corrected chi connectivity index (χ3v) is 4.47. The molecule has 0 radical (unpaired) electrons. The molecule has 2 aromatic heterocycles. The van der Waals surface area contributed by atoms with E-state index in [4.69, 9.17) is 0 Å². The number of thiazole rings is 1. The molecule has 1 amide bonds. The second-order valence-electron chi connectivity index (χ2n) is 4.74. The van der Waals surface area contributed by atoms with Crippen molar-refractivity contribution in [3.63, 3.8) is 0 Å². The molecule has 2 aromatic rings. The Morgan fingerprint density at radius 1 is 1.50 bits per heavy atom. The molecular formula is C12H15N5O2S. The zero-order valence-corrected chi connectivity index (χ0v) is 11.9. The first kappa shape index (κ1) is 13.0. The Morgan fingerprint density at radius 3 is 3.05 bits per heavy atom. The van der Waals surface area contributed by atoms with Crippen LogP contribution in [0.4, 0.5) is 0 Å². The van der Waals surface area contributed by atoms with E-state index in [1.165, 1.54) is 24.0 Å². The molecule has 20 heavy (non-hydrogen) atoms. The Bertz CT molecular complexity index is 678. The van der Waals surface area contributed by atoms with Crippen molar-refractivity contribution in [2.24, 2.45) is 7.05 Å². The van der Waals surface area contributed by atoms with Gasteiger partial charge in [-0.2, -0.15) is 0 Å². The minimum Gasteiger partial charge on any atom is -0.349 e. The largest absolute Gasteiger partial charge is 0.349 e. The fourth-order valence-corrected chi connectivity index (χ4v) is 3.38. The van der Waals surface area contributed by atoms with Gasteiger partial charge in [-0.1, -0.05) is 0 Å². The monoisotopic (exact) mass is 293 g/mol. The Balaban J connectivity index is 1.54. The second kappa shape index (κ2) is 5.20. The smallest absolute Gasteiger partial charge is 0.343 e.